The van der Waals surface area contributed by atoms with Gasteiger partial charge in [-0.25, -0.2) is 0 Å². The van der Waals surface area contributed by atoms with E-state index in [-0.39, 0.29) is 12.4 Å². The van der Waals surface area contributed by atoms with Crippen LogP contribution in [0.25, 0.3) is 0 Å². The SMILES string of the molecule is CC1(C)CCN(C(=O)C[C@H]2C[C@@H](N)C2)CC1.Cl. The van der Waals surface area contributed by atoms with Crippen LogP contribution in [-0.2, 0) is 4.79 Å². The van der Waals surface area contributed by atoms with E-state index in [0.717, 1.165) is 45.2 Å². The minimum atomic E-state index is 0. The molecule has 1 aliphatic heterocycles. The minimum absolute atomic E-state index is 0. The summed E-state index contributed by atoms with van der Waals surface area (Å²) in [6.45, 7) is 6.48. The number of halogens is 1. The van der Waals surface area contributed by atoms with Gasteiger partial charge in [-0.2, -0.15) is 0 Å². The molecule has 1 amide bonds. The lowest BCUT2D eigenvalue weighted by atomic mass is 9.78. The maximum Gasteiger partial charge on any atom is 0.222 e. The molecule has 1 saturated heterocycles. The number of hydrogen-bond donors (Lipinski definition) is 1. The lowest BCUT2D eigenvalue weighted by Crippen LogP contribution is -2.44. The molecule has 0 aromatic rings. The molecule has 2 N–H and O–H groups in total. The molecular formula is C13H25ClN2O. The Kier molecular flexibility index (Phi) is 4.85. The molecule has 0 aromatic heterocycles. The smallest absolute Gasteiger partial charge is 0.222 e. The first kappa shape index (κ1) is 14.8. The molecule has 100 valence electrons. The van der Waals surface area contributed by atoms with Crippen molar-refractivity contribution in [1.29, 1.82) is 0 Å². The molecule has 17 heavy (non-hydrogen) atoms. The fourth-order valence-corrected chi connectivity index (χ4v) is 2.69. The summed E-state index contributed by atoms with van der Waals surface area (Å²) in [4.78, 5) is 14.1. The number of nitrogens with zero attached hydrogens (tertiary/aromatic N) is 1. The van der Waals surface area contributed by atoms with Crippen LogP contribution < -0.4 is 5.73 Å². The van der Waals surface area contributed by atoms with E-state index in [4.69, 9.17) is 5.73 Å². The molecule has 3 nitrogen and oxygen atoms in total. The highest BCUT2D eigenvalue weighted by Crippen LogP contribution is 2.32. The maximum absolute atomic E-state index is 12.0. The zero-order valence-corrected chi connectivity index (χ0v) is 11.8. The monoisotopic (exact) mass is 260 g/mol. The van der Waals surface area contributed by atoms with Crippen molar-refractivity contribution < 1.29 is 4.79 Å². The van der Waals surface area contributed by atoms with Gasteiger partial charge >= 0.3 is 0 Å². The van der Waals surface area contributed by atoms with Gasteiger partial charge in [0.05, 0.1) is 0 Å². The Morgan fingerprint density at radius 2 is 1.82 bits per heavy atom. The molecule has 2 aliphatic rings. The van der Waals surface area contributed by atoms with Crippen LogP contribution in [-0.4, -0.2) is 29.9 Å². The molecule has 0 atom stereocenters. The number of rotatable bonds is 2. The van der Waals surface area contributed by atoms with Crippen LogP contribution in [0.4, 0.5) is 0 Å². The van der Waals surface area contributed by atoms with E-state index < -0.39 is 0 Å². The van der Waals surface area contributed by atoms with Crippen molar-refractivity contribution in [2.24, 2.45) is 17.1 Å². The van der Waals surface area contributed by atoms with Crippen LogP contribution >= 0.6 is 12.4 Å². The molecule has 2 rings (SSSR count). The number of carbonyl (C=O) groups excluding carboxylic acids is 1. The van der Waals surface area contributed by atoms with E-state index in [1.165, 1.54) is 0 Å². The highest BCUT2D eigenvalue weighted by atomic mass is 35.5. The predicted octanol–water partition coefficient (Wildman–Crippen LogP) is 2.18. The second-order valence-corrected chi connectivity index (χ2v) is 6.35. The summed E-state index contributed by atoms with van der Waals surface area (Å²) in [5.74, 6) is 0.921. The van der Waals surface area contributed by atoms with Gasteiger partial charge in [0, 0.05) is 25.6 Å². The van der Waals surface area contributed by atoms with Gasteiger partial charge in [-0.1, -0.05) is 13.8 Å². The highest BCUT2D eigenvalue weighted by molar-refractivity contribution is 5.85. The van der Waals surface area contributed by atoms with Crippen molar-refractivity contribution in [3.8, 4) is 0 Å². The Labute approximate surface area is 111 Å². The quantitative estimate of drug-likeness (QED) is 0.827. The Balaban J connectivity index is 0.00000144. The van der Waals surface area contributed by atoms with Crippen molar-refractivity contribution in [2.45, 2.75) is 52.0 Å². The van der Waals surface area contributed by atoms with Gasteiger partial charge in [-0.15, -0.1) is 12.4 Å². The van der Waals surface area contributed by atoms with E-state index in [1.807, 2.05) is 0 Å². The summed E-state index contributed by atoms with van der Waals surface area (Å²) in [7, 11) is 0. The standard InChI is InChI=1S/C13H24N2O.ClH/c1-13(2)3-5-15(6-4-13)12(16)9-10-7-11(14)8-10;/h10-11H,3-9,14H2,1-2H3;1H/t10-,11+;. The number of carbonyl (C=O) groups is 1. The average molecular weight is 261 g/mol. The molecular weight excluding hydrogens is 236 g/mol. The van der Waals surface area contributed by atoms with E-state index in [2.05, 4.69) is 18.7 Å². The lowest BCUT2D eigenvalue weighted by Gasteiger charge is -2.39. The van der Waals surface area contributed by atoms with E-state index >= 15 is 0 Å². The van der Waals surface area contributed by atoms with Crippen LogP contribution in [0, 0.1) is 11.3 Å². The third-order valence-corrected chi connectivity index (χ3v) is 4.21. The zero-order chi connectivity index (χ0) is 11.8. The molecule has 0 bridgehead atoms. The van der Waals surface area contributed by atoms with Gasteiger partial charge in [0.2, 0.25) is 5.91 Å². The highest BCUT2D eigenvalue weighted by Gasteiger charge is 2.32. The lowest BCUT2D eigenvalue weighted by molar-refractivity contribution is -0.135. The van der Waals surface area contributed by atoms with Crippen LogP contribution in [0.1, 0.15) is 46.0 Å². The summed E-state index contributed by atoms with van der Waals surface area (Å²) in [6, 6.07) is 0.359. The second kappa shape index (κ2) is 5.57. The van der Waals surface area contributed by atoms with Crippen LogP contribution in [0.2, 0.25) is 0 Å². The summed E-state index contributed by atoms with van der Waals surface area (Å²) in [5, 5.41) is 0. The average Bonchev–Trinajstić information content (AvgIpc) is 2.15. The van der Waals surface area contributed by atoms with Crippen molar-refractivity contribution in [1.82, 2.24) is 4.90 Å². The molecule has 1 saturated carbocycles. The van der Waals surface area contributed by atoms with Crippen molar-refractivity contribution >= 4 is 18.3 Å². The molecule has 0 spiro atoms. The summed E-state index contributed by atoms with van der Waals surface area (Å²) >= 11 is 0. The zero-order valence-electron chi connectivity index (χ0n) is 10.9. The molecule has 1 heterocycles. The summed E-state index contributed by atoms with van der Waals surface area (Å²) in [5.41, 5.74) is 6.16. The van der Waals surface area contributed by atoms with Crippen molar-refractivity contribution in [3.05, 3.63) is 0 Å². The van der Waals surface area contributed by atoms with E-state index in [9.17, 15) is 4.79 Å². The number of nitrogens with two attached hydrogens (primary N) is 1. The molecule has 1 aliphatic carbocycles. The predicted molar refractivity (Wildman–Crippen MR) is 72.2 cm³/mol. The minimum Gasteiger partial charge on any atom is -0.343 e. The van der Waals surface area contributed by atoms with Crippen LogP contribution in [0.3, 0.4) is 0 Å². The maximum atomic E-state index is 12.0. The molecule has 0 aromatic carbocycles. The van der Waals surface area contributed by atoms with Gasteiger partial charge in [0.1, 0.15) is 0 Å². The largest absolute Gasteiger partial charge is 0.343 e. The number of hydrogen-bond acceptors (Lipinski definition) is 2. The summed E-state index contributed by atoms with van der Waals surface area (Å²) < 4.78 is 0. The number of likely N-dealkylation sites (tertiary alicyclic amines) is 1. The van der Waals surface area contributed by atoms with Crippen molar-refractivity contribution in [2.75, 3.05) is 13.1 Å². The molecule has 2 fully saturated rings. The first-order chi connectivity index (χ1) is 7.46. The molecule has 0 unspecified atom stereocenters. The Hall–Kier alpha value is -0.280. The number of piperidine rings is 1. The fourth-order valence-electron chi connectivity index (χ4n) is 2.69. The normalized spacial score (nSPS) is 31.4. The third-order valence-electron chi connectivity index (χ3n) is 4.21. The second-order valence-electron chi connectivity index (χ2n) is 6.35. The first-order valence-corrected chi connectivity index (χ1v) is 6.50. The third kappa shape index (κ3) is 3.85. The topological polar surface area (TPSA) is 46.3 Å². The van der Waals surface area contributed by atoms with Gasteiger partial charge in [0.25, 0.3) is 0 Å². The Bertz CT molecular complexity index is 265. The Morgan fingerprint density at radius 1 is 1.29 bits per heavy atom. The van der Waals surface area contributed by atoms with Crippen LogP contribution in [0.5, 0.6) is 0 Å². The van der Waals surface area contributed by atoms with E-state index in [0.29, 0.717) is 23.3 Å². The molecule has 4 heteroatoms. The van der Waals surface area contributed by atoms with Gasteiger partial charge in [-0.05, 0) is 37.0 Å². The Morgan fingerprint density at radius 3 is 2.29 bits per heavy atom. The van der Waals surface area contributed by atoms with Gasteiger partial charge < -0.3 is 10.6 Å². The first-order valence-electron chi connectivity index (χ1n) is 6.50. The fraction of sp³-hybridized carbons (Fsp3) is 0.923. The van der Waals surface area contributed by atoms with Crippen molar-refractivity contribution in [3.63, 3.8) is 0 Å². The summed E-state index contributed by atoms with van der Waals surface area (Å²) in [6.07, 6.45) is 5.11. The van der Waals surface area contributed by atoms with Gasteiger partial charge in [-0.3, -0.25) is 4.79 Å². The molecule has 0 radical (unpaired) electrons. The van der Waals surface area contributed by atoms with Gasteiger partial charge in [0.15, 0.2) is 0 Å². The van der Waals surface area contributed by atoms with Crippen LogP contribution in [0.15, 0.2) is 0 Å². The number of amides is 1. The van der Waals surface area contributed by atoms with E-state index in [1.54, 1.807) is 0 Å².